The molecule has 0 aliphatic heterocycles. The Balaban J connectivity index is 1.72. The van der Waals surface area contributed by atoms with Crippen LogP contribution in [-0.2, 0) is 13.0 Å². The van der Waals surface area contributed by atoms with E-state index in [0.717, 1.165) is 39.1 Å². The van der Waals surface area contributed by atoms with E-state index in [-0.39, 0.29) is 0 Å². The van der Waals surface area contributed by atoms with Crippen molar-refractivity contribution in [2.75, 3.05) is 31.1 Å². The quantitative estimate of drug-likeness (QED) is 0.405. The topological polar surface area (TPSA) is 6.48 Å². The number of hydrogen-bond donors (Lipinski definition) is 0. The van der Waals surface area contributed by atoms with Crippen molar-refractivity contribution in [3.8, 4) is 11.1 Å². The third kappa shape index (κ3) is 5.95. The highest BCUT2D eigenvalue weighted by Crippen LogP contribution is 2.22. The second-order valence-electron chi connectivity index (χ2n) is 7.53. The molecule has 0 aliphatic carbocycles. The summed E-state index contributed by atoms with van der Waals surface area (Å²) in [5.74, 6) is 0. The van der Waals surface area contributed by atoms with Gasteiger partial charge in [-0.2, -0.15) is 0 Å². The first kappa shape index (κ1) is 21.1. The van der Waals surface area contributed by atoms with Gasteiger partial charge in [-0.25, -0.2) is 0 Å². The normalized spacial score (nSPS) is 11.0. The Kier molecular flexibility index (Phi) is 7.89. The summed E-state index contributed by atoms with van der Waals surface area (Å²) in [6.07, 6.45) is 1.09. The smallest absolute Gasteiger partial charge is 0.0430 e. The number of likely N-dealkylation sites (N-methyl/N-ethyl adjacent to an activating group) is 1. The Morgan fingerprint density at radius 2 is 1.14 bits per heavy atom. The molecule has 2 nitrogen and oxygen atoms in total. The van der Waals surface area contributed by atoms with Gasteiger partial charge in [0.25, 0.3) is 0 Å². The molecule has 0 saturated carbocycles. The van der Waals surface area contributed by atoms with Crippen molar-refractivity contribution in [1.29, 1.82) is 0 Å². The molecule has 0 unspecified atom stereocenters. The summed E-state index contributed by atoms with van der Waals surface area (Å²) in [6.45, 7) is 11.9. The van der Waals surface area contributed by atoms with Gasteiger partial charge in [0.15, 0.2) is 0 Å². The Bertz CT molecular complexity index is 834. The fraction of sp³-hybridized carbons (Fsp3) is 0.333. The van der Waals surface area contributed by atoms with Crippen molar-refractivity contribution >= 4 is 5.69 Å². The van der Waals surface area contributed by atoms with Gasteiger partial charge in [-0.15, -0.1) is 0 Å². The molecule has 0 fully saturated rings. The molecule has 3 rings (SSSR count). The third-order valence-corrected chi connectivity index (χ3v) is 5.72. The van der Waals surface area contributed by atoms with Gasteiger partial charge in [-0.1, -0.05) is 87.5 Å². The summed E-state index contributed by atoms with van der Waals surface area (Å²) in [5.41, 5.74) is 6.60. The summed E-state index contributed by atoms with van der Waals surface area (Å²) >= 11 is 0. The highest BCUT2D eigenvalue weighted by atomic mass is 15.2. The molecule has 0 N–H and O–H groups in total. The molecule has 0 atom stereocenters. The lowest BCUT2D eigenvalue weighted by molar-refractivity contribution is 0.309. The standard InChI is InChI=1S/C27H34N2/c1-4-23-12-16-25(17-13-23)26-18-14-24(15-19-26)22-29(21-20-28(5-2)6-3)27-10-8-7-9-11-27/h7-19H,4-6,20-22H2,1-3H3. The lowest BCUT2D eigenvalue weighted by Gasteiger charge is -2.28. The molecule has 0 saturated heterocycles. The number of rotatable bonds is 10. The first-order valence-corrected chi connectivity index (χ1v) is 10.9. The van der Waals surface area contributed by atoms with Crippen molar-refractivity contribution in [1.82, 2.24) is 4.90 Å². The van der Waals surface area contributed by atoms with E-state index in [1.165, 1.54) is 27.9 Å². The van der Waals surface area contributed by atoms with Crippen LogP contribution in [0.4, 0.5) is 5.69 Å². The van der Waals surface area contributed by atoms with Crippen LogP contribution < -0.4 is 4.90 Å². The van der Waals surface area contributed by atoms with Gasteiger partial charge in [0.2, 0.25) is 0 Å². The third-order valence-electron chi connectivity index (χ3n) is 5.72. The zero-order chi connectivity index (χ0) is 20.5. The molecule has 0 amide bonds. The van der Waals surface area contributed by atoms with Crippen molar-refractivity contribution in [2.24, 2.45) is 0 Å². The lowest BCUT2D eigenvalue weighted by Crippen LogP contribution is -2.34. The van der Waals surface area contributed by atoms with Gasteiger partial charge < -0.3 is 9.80 Å². The Hall–Kier alpha value is -2.58. The minimum absolute atomic E-state index is 0.931. The Labute approximate surface area is 176 Å². The molecular weight excluding hydrogens is 352 g/mol. The van der Waals surface area contributed by atoms with Crippen molar-refractivity contribution in [3.63, 3.8) is 0 Å². The molecule has 152 valence electrons. The van der Waals surface area contributed by atoms with Crippen LogP contribution in [0.25, 0.3) is 11.1 Å². The van der Waals surface area contributed by atoms with Gasteiger partial charge in [0.05, 0.1) is 0 Å². The fourth-order valence-corrected chi connectivity index (χ4v) is 3.70. The van der Waals surface area contributed by atoms with E-state index < -0.39 is 0 Å². The van der Waals surface area contributed by atoms with E-state index >= 15 is 0 Å². The van der Waals surface area contributed by atoms with Crippen LogP contribution in [0.5, 0.6) is 0 Å². The first-order chi connectivity index (χ1) is 14.2. The molecule has 0 radical (unpaired) electrons. The minimum Gasteiger partial charge on any atom is -0.366 e. The maximum absolute atomic E-state index is 2.49. The van der Waals surface area contributed by atoms with Crippen molar-refractivity contribution < 1.29 is 0 Å². The molecule has 0 aliphatic rings. The largest absolute Gasteiger partial charge is 0.366 e. The van der Waals surface area contributed by atoms with Crippen LogP contribution >= 0.6 is 0 Å². The molecular formula is C27H34N2. The number of para-hydroxylation sites is 1. The van der Waals surface area contributed by atoms with Crippen LogP contribution in [0.2, 0.25) is 0 Å². The van der Waals surface area contributed by atoms with E-state index in [4.69, 9.17) is 0 Å². The lowest BCUT2D eigenvalue weighted by atomic mass is 10.0. The van der Waals surface area contributed by atoms with Crippen molar-refractivity contribution in [2.45, 2.75) is 33.7 Å². The summed E-state index contributed by atoms with van der Waals surface area (Å²) in [5, 5.41) is 0. The van der Waals surface area contributed by atoms with Gasteiger partial charge >= 0.3 is 0 Å². The number of aryl methyl sites for hydroxylation is 1. The maximum Gasteiger partial charge on any atom is 0.0430 e. The first-order valence-electron chi connectivity index (χ1n) is 10.9. The van der Waals surface area contributed by atoms with Gasteiger partial charge in [0.1, 0.15) is 0 Å². The van der Waals surface area contributed by atoms with E-state index in [1.54, 1.807) is 0 Å². The van der Waals surface area contributed by atoms with Crippen LogP contribution in [0.15, 0.2) is 78.9 Å². The van der Waals surface area contributed by atoms with E-state index in [9.17, 15) is 0 Å². The zero-order valence-electron chi connectivity index (χ0n) is 18.1. The Morgan fingerprint density at radius 1 is 0.586 bits per heavy atom. The van der Waals surface area contributed by atoms with Crippen LogP contribution in [0.1, 0.15) is 31.9 Å². The van der Waals surface area contributed by atoms with Gasteiger partial charge in [-0.05, 0) is 53.9 Å². The average molecular weight is 387 g/mol. The molecule has 3 aromatic rings. The van der Waals surface area contributed by atoms with E-state index in [1.807, 2.05) is 0 Å². The summed E-state index contributed by atoms with van der Waals surface area (Å²) < 4.78 is 0. The minimum atomic E-state index is 0.931. The molecule has 29 heavy (non-hydrogen) atoms. The number of hydrogen-bond acceptors (Lipinski definition) is 2. The molecule has 0 aromatic heterocycles. The molecule has 0 spiro atoms. The van der Waals surface area contributed by atoms with E-state index in [0.29, 0.717) is 0 Å². The van der Waals surface area contributed by atoms with Crippen molar-refractivity contribution in [3.05, 3.63) is 90.0 Å². The monoisotopic (exact) mass is 386 g/mol. The summed E-state index contributed by atoms with van der Waals surface area (Å²) in [7, 11) is 0. The zero-order valence-corrected chi connectivity index (χ0v) is 18.1. The second kappa shape index (κ2) is 10.8. The van der Waals surface area contributed by atoms with Gasteiger partial charge in [0, 0.05) is 25.3 Å². The molecule has 0 bridgehead atoms. The highest BCUT2D eigenvalue weighted by molar-refractivity contribution is 5.64. The van der Waals surface area contributed by atoms with Gasteiger partial charge in [-0.3, -0.25) is 0 Å². The average Bonchev–Trinajstić information content (AvgIpc) is 2.80. The summed E-state index contributed by atoms with van der Waals surface area (Å²) in [4.78, 5) is 4.97. The van der Waals surface area contributed by atoms with Crippen LogP contribution in [0.3, 0.4) is 0 Å². The Morgan fingerprint density at radius 3 is 1.66 bits per heavy atom. The van der Waals surface area contributed by atoms with Crippen LogP contribution in [-0.4, -0.2) is 31.1 Å². The SMILES string of the molecule is CCc1ccc(-c2ccc(CN(CCN(CC)CC)c3ccccc3)cc2)cc1. The van der Waals surface area contributed by atoms with Crippen LogP contribution in [0, 0.1) is 0 Å². The number of nitrogens with zero attached hydrogens (tertiary/aromatic N) is 2. The second-order valence-corrected chi connectivity index (χ2v) is 7.53. The predicted octanol–water partition coefficient (Wildman–Crippen LogP) is 6.26. The maximum atomic E-state index is 2.49. The number of anilines is 1. The molecule has 2 heteroatoms. The van der Waals surface area contributed by atoms with E-state index in [2.05, 4.69) is 109 Å². The highest BCUT2D eigenvalue weighted by Gasteiger charge is 2.09. The molecule has 3 aromatic carbocycles. The molecule has 0 heterocycles. The summed E-state index contributed by atoms with van der Waals surface area (Å²) in [6, 6.07) is 28.7. The number of benzene rings is 3. The fourth-order valence-electron chi connectivity index (χ4n) is 3.70. The predicted molar refractivity (Wildman–Crippen MR) is 127 cm³/mol.